The van der Waals surface area contributed by atoms with Gasteiger partial charge in [-0.2, -0.15) is 0 Å². The third-order valence-electron chi connectivity index (χ3n) is 4.90. The number of phenols is 1. The van der Waals surface area contributed by atoms with Crippen LogP contribution in [0.1, 0.15) is 37.6 Å². The standard InChI is InChI=1S/C25H26O7.Na.H/c1-3-17-13-22(16(2)26)23(27)14-24(17)31-10-4-9-30-20-7-5-18-6-8-21(12-19(18)11-20)32-15-25(28)29;;/h5-8,11-14,27H,3-4,9-10,15H2,1-2H3,(H,28,29);;/q;+1;-1. The van der Waals surface area contributed by atoms with Gasteiger partial charge in [-0.05, 0) is 60.0 Å². The van der Waals surface area contributed by atoms with Crippen LogP contribution in [0.4, 0.5) is 0 Å². The maximum absolute atomic E-state index is 11.6. The van der Waals surface area contributed by atoms with Crippen LogP contribution in [0.15, 0.2) is 48.5 Å². The molecule has 0 saturated heterocycles. The molecule has 3 rings (SSSR count). The fourth-order valence-electron chi connectivity index (χ4n) is 3.27. The molecule has 0 fully saturated rings. The van der Waals surface area contributed by atoms with Gasteiger partial charge in [-0.25, -0.2) is 4.79 Å². The van der Waals surface area contributed by atoms with Crippen molar-refractivity contribution in [3.05, 3.63) is 59.7 Å². The predicted octanol–water partition coefficient (Wildman–Crippen LogP) is 1.74. The fourth-order valence-corrected chi connectivity index (χ4v) is 3.27. The molecule has 0 atom stereocenters. The van der Waals surface area contributed by atoms with Crippen molar-refractivity contribution in [1.82, 2.24) is 0 Å². The molecule has 7 nitrogen and oxygen atoms in total. The van der Waals surface area contributed by atoms with Crippen molar-refractivity contribution in [3.8, 4) is 23.0 Å². The third kappa shape index (κ3) is 7.39. The first kappa shape index (κ1) is 26.5. The van der Waals surface area contributed by atoms with E-state index in [-0.39, 0.29) is 42.5 Å². The van der Waals surface area contributed by atoms with Crippen molar-refractivity contribution in [1.29, 1.82) is 0 Å². The maximum atomic E-state index is 11.6. The number of ether oxygens (including phenoxy) is 3. The summed E-state index contributed by atoms with van der Waals surface area (Å²) in [4.78, 5) is 22.3. The van der Waals surface area contributed by atoms with Crippen LogP contribution >= 0.6 is 0 Å². The van der Waals surface area contributed by atoms with Gasteiger partial charge in [-0.3, -0.25) is 4.79 Å². The molecule has 0 unspecified atom stereocenters. The van der Waals surface area contributed by atoms with Crippen LogP contribution in [0, 0.1) is 0 Å². The number of ketones is 1. The fraction of sp³-hybridized carbons (Fsp3) is 0.280. The van der Waals surface area contributed by atoms with Gasteiger partial charge in [0, 0.05) is 12.5 Å². The Bertz CT molecular complexity index is 1130. The Morgan fingerprint density at radius 1 is 0.909 bits per heavy atom. The Balaban J connectivity index is 0.00000289. The molecule has 0 bridgehead atoms. The van der Waals surface area contributed by atoms with Crippen LogP contribution in [-0.2, 0) is 11.2 Å². The molecule has 8 heteroatoms. The number of benzene rings is 3. The Kier molecular flexibility index (Phi) is 10.0. The van der Waals surface area contributed by atoms with Crippen molar-refractivity contribution >= 4 is 22.5 Å². The molecule has 0 aromatic heterocycles. The van der Waals surface area contributed by atoms with E-state index in [9.17, 15) is 14.7 Å². The normalized spacial score (nSPS) is 10.4. The topological polar surface area (TPSA) is 102 Å². The number of aryl methyl sites for hydroxylation is 1. The summed E-state index contributed by atoms with van der Waals surface area (Å²) >= 11 is 0. The van der Waals surface area contributed by atoms with Crippen LogP contribution in [0.25, 0.3) is 10.8 Å². The molecule has 2 N–H and O–H groups in total. The van der Waals surface area contributed by atoms with Crippen molar-refractivity contribution in [2.45, 2.75) is 26.7 Å². The molecule has 170 valence electrons. The van der Waals surface area contributed by atoms with Gasteiger partial charge < -0.3 is 25.9 Å². The van der Waals surface area contributed by atoms with Gasteiger partial charge >= 0.3 is 35.5 Å². The summed E-state index contributed by atoms with van der Waals surface area (Å²) in [6.45, 7) is 3.82. The number of aliphatic carboxylic acids is 1. The number of aromatic hydroxyl groups is 1. The minimum absolute atomic E-state index is 0. The molecule has 0 heterocycles. The van der Waals surface area contributed by atoms with E-state index >= 15 is 0 Å². The zero-order valence-corrected chi connectivity index (χ0v) is 21.1. The number of hydrogen-bond donors (Lipinski definition) is 2. The summed E-state index contributed by atoms with van der Waals surface area (Å²) in [5.74, 6) is 0.439. The van der Waals surface area contributed by atoms with E-state index < -0.39 is 12.6 Å². The Morgan fingerprint density at radius 3 is 2.15 bits per heavy atom. The predicted molar refractivity (Wildman–Crippen MR) is 121 cm³/mol. The Hall–Kier alpha value is -2.74. The number of carbonyl (C=O) groups is 2. The molecule has 0 aliphatic carbocycles. The van der Waals surface area contributed by atoms with E-state index in [1.54, 1.807) is 18.2 Å². The monoisotopic (exact) mass is 462 g/mol. The number of carboxylic acids is 1. The number of carboxylic acid groups (broad SMARTS) is 1. The molecular formula is C25H27NaO7. The minimum Gasteiger partial charge on any atom is -1.00 e. The number of Topliss-reactive ketones (excluding diaryl/α,β-unsaturated/α-hetero) is 1. The second-order valence-corrected chi connectivity index (χ2v) is 7.29. The molecular weight excluding hydrogens is 435 g/mol. The molecule has 0 amide bonds. The van der Waals surface area contributed by atoms with Crippen LogP contribution in [0.5, 0.6) is 23.0 Å². The molecule has 0 aliphatic heterocycles. The van der Waals surface area contributed by atoms with Gasteiger partial charge in [0.1, 0.15) is 23.0 Å². The van der Waals surface area contributed by atoms with Gasteiger partial charge in [0.15, 0.2) is 12.4 Å². The second kappa shape index (κ2) is 12.5. The summed E-state index contributed by atoms with van der Waals surface area (Å²) in [5, 5.41) is 20.7. The van der Waals surface area contributed by atoms with E-state index in [0.29, 0.717) is 48.9 Å². The van der Waals surface area contributed by atoms with E-state index in [2.05, 4.69) is 0 Å². The van der Waals surface area contributed by atoms with E-state index in [4.69, 9.17) is 19.3 Å². The van der Waals surface area contributed by atoms with Gasteiger partial charge in [-0.1, -0.05) is 19.1 Å². The minimum atomic E-state index is -1.03. The summed E-state index contributed by atoms with van der Waals surface area (Å²) < 4.78 is 16.8. The van der Waals surface area contributed by atoms with E-state index in [1.807, 2.05) is 31.2 Å². The molecule has 33 heavy (non-hydrogen) atoms. The first-order valence-corrected chi connectivity index (χ1v) is 10.4. The average Bonchev–Trinajstić information content (AvgIpc) is 2.77. The SMILES string of the molecule is CCc1cc(C(C)=O)c(O)cc1OCCCOc1ccc2ccc(OCC(=O)O)cc2c1.[H-].[Na+]. The van der Waals surface area contributed by atoms with Gasteiger partial charge in [-0.15, -0.1) is 0 Å². The van der Waals surface area contributed by atoms with Gasteiger partial charge in [0.05, 0.1) is 18.8 Å². The van der Waals surface area contributed by atoms with Crippen molar-refractivity contribution < 1.29 is 65.0 Å². The Labute approximate surface area is 216 Å². The largest absolute Gasteiger partial charge is 1.00 e. The first-order chi connectivity index (χ1) is 15.4. The zero-order chi connectivity index (χ0) is 23.1. The van der Waals surface area contributed by atoms with Crippen LogP contribution in [-0.4, -0.2) is 41.8 Å². The summed E-state index contributed by atoms with van der Waals surface area (Å²) in [7, 11) is 0. The Morgan fingerprint density at radius 2 is 1.55 bits per heavy atom. The van der Waals surface area contributed by atoms with Crippen molar-refractivity contribution in [2.75, 3.05) is 19.8 Å². The van der Waals surface area contributed by atoms with Crippen molar-refractivity contribution in [3.63, 3.8) is 0 Å². The van der Waals surface area contributed by atoms with Crippen LogP contribution in [0.2, 0.25) is 0 Å². The van der Waals surface area contributed by atoms with E-state index in [1.165, 1.54) is 13.0 Å². The number of fused-ring (bicyclic) bond motifs is 1. The number of rotatable bonds is 11. The number of hydrogen-bond acceptors (Lipinski definition) is 6. The van der Waals surface area contributed by atoms with Crippen molar-refractivity contribution in [2.24, 2.45) is 0 Å². The second-order valence-electron chi connectivity index (χ2n) is 7.29. The van der Waals surface area contributed by atoms with Gasteiger partial charge in [0.25, 0.3) is 0 Å². The summed E-state index contributed by atoms with van der Waals surface area (Å²) in [6, 6.07) is 14.2. The van der Waals surface area contributed by atoms with Gasteiger partial charge in [0.2, 0.25) is 0 Å². The third-order valence-corrected chi connectivity index (χ3v) is 4.90. The van der Waals surface area contributed by atoms with Crippen LogP contribution in [0.3, 0.4) is 0 Å². The molecule has 3 aromatic rings. The molecule has 0 aliphatic rings. The average molecular weight is 462 g/mol. The first-order valence-electron chi connectivity index (χ1n) is 10.4. The molecule has 0 saturated carbocycles. The quantitative estimate of drug-likeness (QED) is 0.254. The zero-order valence-electron chi connectivity index (χ0n) is 20.1. The number of phenolic OH excluding ortho intramolecular Hbond substituents is 1. The molecule has 3 aromatic carbocycles. The summed E-state index contributed by atoms with van der Waals surface area (Å²) in [6.07, 6.45) is 1.31. The molecule has 0 radical (unpaired) electrons. The summed E-state index contributed by atoms with van der Waals surface area (Å²) in [5.41, 5.74) is 1.16. The molecule has 0 spiro atoms. The smallest absolute Gasteiger partial charge is 1.00 e. The maximum Gasteiger partial charge on any atom is 1.00 e. The van der Waals surface area contributed by atoms with E-state index in [0.717, 1.165) is 16.3 Å². The number of carbonyl (C=O) groups excluding carboxylic acids is 1. The van der Waals surface area contributed by atoms with Crippen LogP contribution < -0.4 is 43.8 Å².